The van der Waals surface area contributed by atoms with Crippen molar-refractivity contribution in [3.63, 3.8) is 0 Å². The summed E-state index contributed by atoms with van der Waals surface area (Å²) in [6.07, 6.45) is 1.68. The predicted molar refractivity (Wildman–Crippen MR) is 52.7 cm³/mol. The summed E-state index contributed by atoms with van der Waals surface area (Å²) in [5.41, 5.74) is 1.12. The lowest BCUT2D eigenvalue weighted by molar-refractivity contribution is 1.28. The van der Waals surface area contributed by atoms with Crippen molar-refractivity contribution in [2.24, 2.45) is 0 Å². The third-order valence-corrected chi connectivity index (χ3v) is 2.03. The molecule has 1 N–H and O–H groups in total. The van der Waals surface area contributed by atoms with Crippen LogP contribution in [-0.4, -0.2) is 12.8 Å². The summed E-state index contributed by atoms with van der Waals surface area (Å²) >= 11 is 0. The molecule has 0 saturated heterocycles. The van der Waals surface area contributed by atoms with E-state index in [0.29, 0.717) is 0 Å². The van der Waals surface area contributed by atoms with E-state index in [2.05, 4.69) is 4.98 Å². The highest BCUT2D eigenvalue weighted by atomic mass is 16.1. The molecule has 1 aromatic heterocycles. The van der Waals surface area contributed by atoms with Crippen LogP contribution in [0.4, 0.5) is 0 Å². The lowest BCUT2D eigenvalue weighted by Crippen LogP contribution is -2.11. The van der Waals surface area contributed by atoms with Crippen molar-refractivity contribution in [1.29, 1.82) is 0 Å². The van der Waals surface area contributed by atoms with E-state index < -0.39 is 0 Å². The van der Waals surface area contributed by atoms with Crippen molar-refractivity contribution in [1.82, 2.24) is 4.98 Å². The van der Waals surface area contributed by atoms with Gasteiger partial charge in [-0.15, -0.1) is 0 Å². The van der Waals surface area contributed by atoms with E-state index in [4.69, 9.17) is 0 Å². The first-order valence-corrected chi connectivity index (χ1v) is 3.86. The maximum absolute atomic E-state index is 11.3. The summed E-state index contributed by atoms with van der Waals surface area (Å²) in [6, 6.07) is 7.65. The molecule has 0 aliphatic heterocycles. The van der Waals surface area contributed by atoms with Crippen LogP contribution in [0, 0.1) is 0 Å². The number of H-pyrrole nitrogens is 1. The molecule has 0 atom stereocenters. The van der Waals surface area contributed by atoms with Gasteiger partial charge < -0.3 is 4.98 Å². The fourth-order valence-electron chi connectivity index (χ4n) is 1.38. The van der Waals surface area contributed by atoms with E-state index >= 15 is 0 Å². The number of fused-ring (bicyclic) bond motifs is 1. The molecule has 0 fully saturated rings. The van der Waals surface area contributed by atoms with Gasteiger partial charge in [-0.1, -0.05) is 17.6 Å². The molecule has 1 aromatic carbocycles. The topological polar surface area (TPSA) is 32.9 Å². The number of pyridine rings is 1. The number of hydrogen-bond donors (Lipinski definition) is 1. The number of hydrogen-bond acceptors (Lipinski definition) is 1. The smallest absolute Gasteiger partial charge is 0.255 e. The van der Waals surface area contributed by atoms with Gasteiger partial charge in [-0.3, -0.25) is 4.79 Å². The molecule has 0 bridgehead atoms. The minimum atomic E-state index is -0.0174. The van der Waals surface area contributed by atoms with Gasteiger partial charge in [-0.05, 0) is 17.5 Å². The highest BCUT2D eigenvalue weighted by Gasteiger charge is 1.97. The molecule has 2 rings (SSSR count). The molecule has 0 amide bonds. The molecule has 3 heteroatoms. The Hall–Kier alpha value is -1.51. The fourth-order valence-corrected chi connectivity index (χ4v) is 1.38. The number of aromatic nitrogens is 1. The Morgan fingerprint density at radius 3 is 2.75 bits per heavy atom. The Kier molecular flexibility index (Phi) is 1.50. The average molecular weight is 157 g/mol. The second-order valence-electron chi connectivity index (χ2n) is 2.84. The van der Waals surface area contributed by atoms with Crippen molar-refractivity contribution < 1.29 is 0 Å². The van der Waals surface area contributed by atoms with Gasteiger partial charge in [0.25, 0.3) is 5.56 Å². The quantitative estimate of drug-likeness (QED) is 0.527. The van der Waals surface area contributed by atoms with Crippen molar-refractivity contribution in [3.05, 3.63) is 40.8 Å². The minimum absolute atomic E-state index is 0.0174. The number of aromatic amines is 1. The first kappa shape index (κ1) is 7.16. The Balaban J connectivity index is 3.05. The van der Waals surface area contributed by atoms with Crippen LogP contribution in [0.2, 0.25) is 0 Å². The van der Waals surface area contributed by atoms with Crippen molar-refractivity contribution in [2.75, 3.05) is 0 Å². The molecule has 0 unspecified atom stereocenters. The monoisotopic (exact) mass is 157 g/mol. The zero-order valence-electron chi connectivity index (χ0n) is 6.79. The Morgan fingerprint density at radius 1 is 1.17 bits per heavy atom. The van der Waals surface area contributed by atoms with E-state index in [1.165, 1.54) is 0 Å². The predicted octanol–water partition coefficient (Wildman–Crippen LogP) is -0.213. The van der Waals surface area contributed by atoms with Gasteiger partial charge in [0, 0.05) is 11.6 Å². The minimum Gasteiger partial charge on any atom is -0.329 e. The third-order valence-electron chi connectivity index (χ3n) is 2.03. The lowest BCUT2D eigenvalue weighted by atomic mass is 9.91. The van der Waals surface area contributed by atoms with Crippen LogP contribution in [-0.2, 0) is 0 Å². The Bertz CT molecular complexity index is 475. The van der Waals surface area contributed by atoms with Crippen LogP contribution in [0.15, 0.2) is 35.3 Å². The van der Waals surface area contributed by atoms with Gasteiger partial charge in [0.05, 0.1) is 0 Å². The molecule has 0 radical (unpaired) electrons. The normalized spacial score (nSPS) is 10.3. The van der Waals surface area contributed by atoms with Crippen LogP contribution in [0.1, 0.15) is 0 Å². The molecule has 2 nitrogen and oxygen atoms in total. The molecule has 2 aromatic rings. The molecule has 0 saturated carbocycles. The molecular weight excluding hydrogens is 149 g/mol. The van der Waals surface area contributed by atoms with E-state index in [1.807, 2.05) is 32.1 Å². The van der Waals surface area contributed by atoms with Gasteiger partial charge in [0.1, 0.15) is 7.85 Å². The molecule has 58 valence electrons. The van der Waals surface area contributed by atoms with Crippen LogP contribution >= 0.6 is 0 Å². The van der Waals surface area contributed by atoms with E-state index in [0.717, 1.165) is 16.2 Å². The van der Waals surface area contributed by atoms with Gasteiger partial charge in [0.15, 0.2) is 0 Å². The second kappa shape index (κ2) is 2.52. The van der Waals surface area contributed by atoms with E-state index in [-0.39, 0.29) is 5.56 Å². The summed E-state index contributed by atoms with van der Waals surface area (Å²) < 4.78 is 0. The van der Waals surface area contributed by atoms with Crippen LogP contribution in [0.5, 0.6) is 0 Å². The van der Waals surface area contributed by atoms with Crippen molar-refractivity contribution in [3.8, 4) is 0 Å². The first-order chi connectivity index (χ1) is 5.79. The third kappa shape index (κ3) is 0.943. The maximum Gasteiger partial charge on any atom is 0.255 e. The zero-order chi connectivity index (χ0) is 8.55. The van der Waals surface area contributed by atoms with Crippen LogP contribution < -0.4 is 11.0 Å². The largest absolute Gasteiger partial charge is 0.329 e. The Morgan fingerprint density at radius 2 is 2.00 bits per heavy atom. The highest BCUT2D eigenvalue weighted by Crippen LogP contribution is 2.03. The molecule has 0 aliphatic carbocycles. The van der Waals surface area contributed by atoms with Gasteiger partial charge >= 0.3 is 0 Å². The highest BCUT2D eigenvalue weighted by molar-refractivity contribution is 6.38. The maximum atomic E-state index is 11.3. The molecular formula is C9H8BNO. The molecule has 0 spiro atoms. The van der Waals surface area contributed by atoms with Crippen molar-refractivity contribution in [2.45, 2.75) is 0 Å². The van der Waals surface area contributed by atoms with Crippen LogP contribution in [0.25, 0.3) is 10.8 Å². The molecule has 0 aliphatic rings. The summed E-state index contributed by atoms with van der Waals surface area (Å²) in [4.78, 5) is 13.9. The average Bonchev–Trinajstić information content (AvgIpc) is 2.07. The fraction of sp³-hybridized carbons (Fsp3) is 0. The summed E-state index contributed by atoms with van der Waals surface area (Å²) in [5, 5.41) is 1.79. The zero-order valence-corrected chi connectivity index (χ0v) is 6.79. The van der Waals surface area contributed by atoms with Crippen LogP contribution in [0.3, 0.4) is 0 Å². The standard InChI is InChI=1S/C9H8BNO/c10-8-3-1-2-7-6(8)4-5-11-9(7)12/h1-5H,10H2,(H,11,12). The lowest BCUT2D eigenvalue weighted by Gasteiger charge is -1.98. The number of benzene rings is 1. The first-order valence-electron chi connectivity index (χ1n) is 3.86. The SMILES string of the molecule is Bc1cccc2c(=O)[nH]ccc12. The van der Waals surface area contributed by atoms with E-state index in [1.54, 1.807) is 6.20 Å². The summed E-state index contributed by atoms with van der Waals surface area (Å²) in [5.74, 6) is 0. The Labute approximate surface area is 70.6 Å². The van der Waals surface area contributed by atoms with Gasteiger partial charge in [-0.25, -0.2) is 0 Å². The number of nitrogens with one attached hydrogen (secondary N) is 1. The molecule has 12 heavy (non-hydrogen) atoms. The number of rotatable bonds is 0. The van der Waals surface area contributed by atoms with Gasteiger partial charge in [-0.2, -0.15) is 0 Å². The van der Waals surface area contributed by atoms with Crippen molar-refractivity contribution >= 4 is 24.1 Å². The van der Waals surface area contributed by atoms with Gasteiger partial charge in [0.2, 0.25) is 0 Å². The van der Waals surface area contributed by atoms with E-state index in [9.17, 15) is 4.79 Å². The molecule has 1 heterocycles. The second-order valence-corrected chi connectivity index (χ2v) is 2.84. The summed E-state index contributed by atoms with van der Waals surface area (Å²) in [6.45, 7) is 0. The summed E-state index contributed by atoms with van der Waals surface area (Å²) in [7, 11) is 2.00.